The molecule has 0 radical (unpaired) electrons. The molecule has 0 saturated carbocycles. The molecule has 0 atom stereocenters. The van der Waals surface area contributed by atoms with Crippen molar-refractivity contribution in [2.75, 3.05) is 0 Å². The van der Waals surface area contributed by atoms with Crippen LogP contribution in [0.2, 0.25) is 0 Å². The first kappa shape index (κ1) is 10.5. The second kappa shape index (κ2) is 0.797. The molecule has 0 heterocycles. The van der Waals surface area contributed by atoms with Crippen molar-refractivity contribution in [2.24, 2.45) is 0 Å². The molecule has 9 heteroatoms. The van der Waals surface area contributed by atoms with Crippen LogP contribution in [0, 0.1) is 0 Å². The van der Waals surface area contributed by atoms with E-state index in [1.165, 1.54) is 0 Å². The molecule has 0 bridgehead atoms. The Kier molecular flexibility index (Phi) is 0.933. The van der Waals surface area contributed by atoms with E-state index in [9.17, 15) is 10.2 Å². The van der Waals surface area contributed by atoms with Gasteiger partial charge < -0.3 is 0 Å². The minimum atomic E-state index is -9.65. The molecule has 0 saturated heterocycles. The van der Waals surface area contributed by atoms with Crippen molar-refractivity contribution in [2.45, 2.75) is 0 Å². The van der Waals surface area contributed by atoms with Gasteiger partial charge in [0.2, 0.25) is 0 Å². The number of hydrogen-bond acceptors (Lipinski definition) is 3. The van der Waals surface area contributed by atoms with Crippen molar-refractivity contribution in [3.63, 3.8) is 0 Å². The molecule has 0 aromatic carbocycles. The van der Waals surface area contributed by atoms with Crippen LogP contribution < -0.4 is 0 Å². The minimum absolute atomic E-state index is 4.11. The van der Waals surface area contributed by atoms with E-state index in [0.29, 0.717) is 0 Å². The van der Waals surface area contributed by atoms with Gasteiger partial charge in [-0.1, -0.05) is 0 Å². The Morgan fingerprint density at radius 3 is 0.667 bits per heavy atom. The Hall–Kier alpha value is 1.54. The van der Waals surface area contributed by atoms with Gasteiger partial charge in [0.15, 0.2) is 0 Å². The molecule has 0 aliphatic heterocycles. The third kappa shape index (κ3) is 229. The third-order valence-corrected chi connectivity index (χ3v) is 0. The second-order valence-corrected chi connectivity index (χ2v) is 49.0. The molecule has 0 unspecified atom stereocenters. The summed E-state index contributed by atoms with van der Waals surface area (Å²) in [5, 5.41) is 0. The predicted octanol–water partition coefficient (Wildman–Crippen LogP) is 3.09. The molecule has 9 heavy (non-hydrogen) atoms. The number of hydrogen-bond donors (Lipinski definition) is 0. The summed E-state index contributed by atoms with van der Waals surface area (Å²) in [5.41, 5.74) is -9.65. The molecule has 3 nitrogen and oxygen atoms in total. The summed E-state index contributed by atoms with van der Waals surface area (Å²) >= 11 is 0. The molecule has 0 aliphatic rings. The molecule has 0 amide bonds. The Morgan fingerprint density at radius 2 is 0.667 bits per heavy atom. The summed E-state index contributed by atoms with van der Waals surface area (Å²) in [7, 11) is 20.6. The maximum absolute atomic E-state index is 10.3. The van der Waals surface area contributed by atoms with E-state index in [1.807, 2.05) is 0 Å². The van der Waals surface area contributed by atoms with E-state index in [0.717, 1.165) is 0 Å². The van der Waals surface area contributed by atoms with E-state index in [1.54, 1.807) is 0 Å². The summed E-state index contributed by atoms with van der Waals surface area (Å²) in [4.78, 5) is 0. The van der Waals surface area contributed by atoms with Crippen LogP contribution in [0.1, 0.15) is 0 Å². The molecule has 0 fully saturated rings. The Morgan fingerprint density at radius 1 is 0.667 bits per heavy atom. The normalized spacial score (nSPS) is 30.8. The zero-order valence-corrected chi connectivity index (χ0v) is 9.31. The Bertz CT molecular complexity index is 420. The Balaban J connectivity index is 7.25. The van der Waals surface area contributed by atoms with Crippen molar-refractivity contribution in [1.82, 2.24) is 0 Å². The standard InChI is InChI=1S/5ClH.Mo.3O/h5*1H;;;;/q;;;;;+5;;;/p-5. The first-order valence-electron chi connectivity index (χ1n) is 1.27. The summed E-state index contributed by atoms with van der Waals surface area (Å²) in [6.07, 6.45) is 0. The third-order valence-electron chi connectivity index (χ3n) is 0. The van der Waals surface area contributed by atoms with E-state index in [-0.39, 0.29) is 0 Å². The van der Waals surface area contributed by atoms with Gasteiger partial charge in [-0.2, -0.15) is 0 Å². The summed E-state index contributed by atoms with van der Waals surface area (Å²) in [5.74, 6) is 0. The fraction of sp³-hybridized carbons (Fsp3) is 0. The summed E-state index contributed by atoms with van der Waals surface area (Å²) in [6, 6.07) is 0. The Labute approximate surface area is 62.5 Å². The van der Waals surface area contributed by atoms with Gasteiger partial charge in [0.25, 0.3) is 0 Å². The van der Waals surface area contributed by atoms with Crippen LogP contribution in [0.15, 0.2) is 0 Å². The van der Waals surface area contributed by atoms with E-state index in [4.69, 9.17) is 0 Å². The van der Waals surface area contributed by atoms with Crippen LogP contribution in [0.25, 0.3) is 0 Å². The molecule has 59 valence electrons. The van der Waals surface area contributed by atoms with Crippen molar-refractivity contribution >= 4 is 47.1 Å². The molecule has 0 spiro atoms. The molecular weight excluding hydrogens is 321 g/mol. The number of halogens is 5. The SMILES string of the molecule is [O]=[Mo](=[O])(=[O])([Cl])([Cl])([Cl])([Cl])[Cl]. The number of rotatable bonds is 0. The quantitative estimate of drug-likeness (QED) is 0.644. The van der Waals surface area contributed by atoms with Crippen LogP contribution >= 0.6 is 47.1 Å². The van der Waals surface area contributed by atoms with E-state index >= 15 is 0 Å². The van der Waals surface area contributed by atoms with Gasteiger partial charge in [0, 0.05) is 0 Å². The van der Waals surface area contributed by atoms with Gasteiger partial charge in [0.1, 0.15) is 0 Å². The van der Waals surface area contributed by atoms with Crippen LogP contribution in [-0.2, 0) is 15.9 Å². The van der Waals surface area contributed by atoms with Gasteiger partial charge in [-0.3, -0.25) is 0 Å². The molecule has 0 aromatic rings. The van der Waals surface area contributed by atoms with Crippen LogP contribution in [0.4, 0.5) is 0 Å². The zero-order chi connectivity index (χ0) is 8.35. The second-order valence-electron chi connectivity index (χ2n) is 1.73. The van der Waals surface area contributed by atoms with Crippen LogP contribution in [0.3, 0.4) is 0 Å². The fourth-order valence-corrected chi connectivity index (χ4v) is 0. The van der Waals surface area contributed by atoms with Gasteiger partial charge in [0.05, 0.1) is 0 Å². The average Bonchev–Trinajstić information content (AvgIpc) is 0.503. The van der Waals surface area contributed by atoms with Gasteiger partial charge >= 0.3 is 63.0 Å². The summed E-state index contributed by atoms with van der Waals surface area (Å²) < 4.78 is 30.9. The molecule has 0 N–H and O–H groups in total. The van der Waals surface area contributed by atoms with Crippen molar-refractivity contribution in [3.05, 3.63) is 0 Å². The fourth-order valence-electron chi connectivity index (χ4n) is 0. The van der Waals surface area contributed by atoms with Crippen LogP contribution in [-0.4, -0.2) is 0 Å². The summed E-state index contributed by atoms with van der Waals surface area (Å²) in [6.45, 7) is 0. The maximum atomic E-state index is 10.3. The van der Waals surface area contributed by atoms with Crippen LogP contribution in [0.5, 0.6) is 0 Å². The van der Waals surface area contributed by atoms with Gasteiger partial charge in [-0.05, 0) is 0 Å². The topological polar surface area (TPSA) is 51.2 Å². The van der Waals surface area contributed by atoms with Crippen molar-refractivity contribution in [3.8, 4) is 0 Å². The van der Waals surface area contributed by atoms with Gasteiger partial charge in [-0.15, -0.1) is 0 Å². The monoisotopic (exact) mass is 321 g/mol. The molecule has 0 aliphatic carbocycles. The first-order chi connectivity index (χ1) is 2.83. The zero-order valence-electron chi connectivity index (χ0n) is 3.52. The predicted molar refractivity (Wildman–Crippen MR) is 31.3 cm³/mol. The molecule has 0 aromatic heterocycles. The first-order valence-corrected chi connectivity index (χ1v) is 16.7. The molecular formula is Cl5MoO3. The van der Waals surface area contributed by atoms with E-state index < -0.39 is 5.74 Å². The average molecular weight is 321 g/mol. The molecule has 0 rings (SSSR count). The van der Waals surface area contributed by atoms with Gasteiger partial charge in [-0.25, -0.2) is 0 Å². The van der Waals surface area contributed by atoms with E-state index in [2.05, 4.69) is 47.1 Å². The van der Waals surface area contributed by atoms with Crippen molar-refractivity contribution < 1.29 is 15.9 Å². The van der Waals surface area contributed by atoms with Crippen molar-refractivity contribution in [1.29, 1.82) is 0 Å².